The van der Waals surface area contributed by atoms with E-state index < -0.39 is 0 Å². The number of nitrogens with one attached hydrogen (secondary N) is 1. The molecule has 1 aromatic rings. The van der Waals surface area contributed by atoms with Gasteiger partial charge in [-0.1, -0.05) is 19.8 Å². The highest BCUT2D eigenvalue weighted by Crippen LogP contribution is 2.42. The van der Waals surface area contributed by atoms with Crippen molar-refractivity contribution in [3.63, 3.8) is 0 Å². The van der Waals surface area contributed by atoms with E-state index in [2.05, 4.69) is 12.2 Å². The number of aromatic nitrogens is 1. The SMILES string of the molecule is CCCNC1(c2nc3c(s2)CCCC3)CCCCC1OC. The van der Waals surface area contributed by atoms with Gasteiger partial charge < -0.3 is 10.1 Å². The molecule has 2 aliphatic carbocycles. The van der Waals surface area contributed by atoms with Crippen LogP contribution in [0.25, 0.3) is 0 Å². The molecule has 0 saturated heterocycles. The second-order valence-electron chi connectivity index (χ2n) is 6.46. The van der Waals surface area contributed by atoms with Crippen LogP contribution in [-0.4, -0.2) is 24.7 Å². The lowest BCUT2D eigenvalue weighted by Crippen LogP contribution is -2.54. The van der Waals surface area contributed by atoms with Crippen LogP contribution in [0.5, 0.6) is 0 Å². The van der Waals surface area contributed by atoms with E-state index in [0.717, 1.165) is 25.8 Å². The monoisotopic (exact) mass is 308 g/mol. The number of fused-ring (bicyclic) bond motifs is 1. The fourth-order valence-electron chi connectivity index (χ4n) is 3.87. The van der Waals surface area contributed by atoms with Crippen molar-refractivity contribution in [2.24, 2.45) is 0 Å². The Balaban J connectivity index is 1.95. The van der Waals surface area contributed by atoms with Crippen LogP contribution in [-0.2, 0) is 23.1 Å². The van der Waals surface area contributed by atoms with Gasteiger partial charge >= 0.3 is 0 Å². The maximum Gasteiger partial charge on any atom is 0.116 e. The molecule has 0 spiro atoms. The summed E-state index contributed by atoms with van der Waals surface area (Å²) in [6.07, 6.45) is 11.3. The highest BCUT2D eigenvalue weighted by Gasteiger charge is 2.45. The minimum absolute atomic E-state index is 0.0367. The summed E-state index contributed by atoms with van der Waals surface area (Å²) in [7, 11) is 1.87. The molecule has 1 aromatic heterocycles. The summed E-state index contributed by atoms with van der Waals surface area (Å²) in [4.78, 5) is 6.61. The zero-order valence-corrected chi connectivity index (χ0v) is 14.2. The minimum Gasteiger partial charge on any atom is -0.379 e. The summed E-state index contributed by atoms with van der Waals surface area (Å²) < 4.78 is 5.89. The summed E-state index contributed by atoms with van der Waals surface area (Å²) in [6, 6.07) is 0. The van der Waals surface area contributed by atoms with Gasteiger partial charge in [0, 0.05) is 12.0 Å². The molecule has 1 heterocycles. The molecule has 118 valence electrons. The Morgan fingerprint density at radius 2 is 2.14 bits per heavy atom. The number of hydrogen-bond acceptors (Lipinski definition) is 4. The number of hydrogen-bond donors (Lipinski definition) is 1. The van der Waals surface area contributed by atoms with E-state index in [1.54, 1.807) is 0 Å². The normalized spacial score (nSPS) is 29.3. The predicted molar refractivity (Wildman–Crippen MR) is 88.0 cm³/mol. The highest BCUT2D eigenvalue weighted by molar-refractivity contribution is 7.11. The molecule has 4 heteroatoms. The Labute approximate surface area is 132 Å². The first-order valence-corrected chi connectivity index (χ1v) is 9.38. The third kappa shape index (κ3) is 2.90. The molecule has 3 nitrogen and oxygen atoms in total. The predicted octanol–water partition coefficient (Wildman–Crippen LogP) is 3.81. The Morgan fingerprint density at radius 3 is 2.90 bits per heavy atom. The molecule has 21 heavy (non-hydrogen) atoms. The summed E-state index contributed by atoms with van der Waals surface area (Å²) in [5.41, 5.74) is 1.34. The van der Waals surface area contributed by atoms with E-state index in [9.17, 15) is 0 Å². The number of rotatable bonds is 5. The van der Waals surface area contributed by atoms with Crippen LogP contribution in [0.3, 0.4) is 0 Å². The summed E-state index contributed by atoms with van der Waals surface area (Å²) in [6.45, 7) is 3.28. The fourth-order valence-corrected chi connectivity index (χ4v) is 5.26. The number of thiazole rings is 1. The second kappa shape index (κ2) is 6.76. The van der Waals surface area contributed by atoms with Crippen molar-refractivity contribution in [3.8, 4) is 0 Å². The van der Waals surface area contributed by atoms with Crippen molar-refractivity contribution < 1.29 is 4.74 Å². The first-order chi connectivity index (χ1) is 10.3. The Bertz CT molecular complexity index is 450. The molecule has 0 amide bonds. The van der Waals surface area contributed by atoms with E-state index in [0.29, 0.717) is 0 Å². The molecule has 3 rings (SSSR count). The number of methoxy groups -OCH3 is 1. The van der Waals surface area contributed by atoms with E-state index in [4.69, 9.17) is 9.72 Å². The summed E-state index contributed by atoms with van der Waals surface area (Å²) >= 11 is 1.96. The maximum atomic E-state index is 5.89. The van der Waals surface area contributed by atoms with Crippen LogP contribution in [0.15, 0.2) is 0 Å². The van der Waals surface area contributed by atoms with Gasteiger partial charge in [-0.3, -0.25) is 0 Å². The van der Waals surface area contributed by atoms with E-state index in [-0.39, 0.29) is 11.6 Å². The van der Waals surface area contributed by atoms with E-state index in [1.165, 1.54) is 54.1 Å². The van der Waals surface area contributed by atoms with Gasteiger partial charge in [-0.25, -0.2) is 4.98 Å². The van der Waals surface area contributed by atoms with Crippen molar-refractivity contribution in [3.05, 3.63) is 15.6 Å². The molecule has 0 radical (unpaired) electrons. The number of ether oxygens (including phenoxy) is 1. The van der Waals surface area contributed by atoms with Crippen molar-refractivity contribution in [1.29, 1.82) is 0 Å². The largest absolute Gasteiger partial charge is 0.379 e. The lowest BCUT2D eigenvalue weighted by molar-refractivity contribution is -0.0154. The average molecular weight is 308 g/mol. The molecule has 2 atom stereocenters. The van der Waals surface area contributed by atoms with Crippen LogP contribution in [0, 0.1) is 0 Å². The lowest BCUT2D eigenvalue weighted by Gasteiger charge is -2.42. The van der Waals surface area contributed by atoms with Crippen molar-refractivity contribution in [1.82, 2.24) is 10.3 Å². The Kier molecular flexibility index (Phi) is 4.97. The smallest absolute Gasteiger partial charge is 0.116 e. The third-order valence-electron chi connectivity index (χ3n) is 5.04. The fraction of sp³-hybridized carbons (Fsp3) is 0.824. The van der Waals surface area contributed by atoms with Crippen LogP contribution < -0.4 is 5.32 Å². The highest BCUT2D eigenvalue weighted by atomic mass is 32.1. The zero-order valence-electron chi connectivity index (χ0n) is 13.4. The van der Waals surface area contributed by atoms with Gasteiger partial charge in [-0.05, 0) is 51.5 Å². The average Bonchev–Trinajstić information content (AvgIpc) is 2.97. The van der Waals surface area contributed by atoms with Crippen LogP contribution in [0.4, 0.5) is 0 Å². The van der Waals surface area contributed by atoms with Crippen molar-refractivity contribution in [2.45, 2.75) is 76.4 Å². The van der Waals surface area contributed by atoms with Gasteiger partial charge in [0.25, 0.3) is 0 Å². The van der Waals surface area contributed by atoms with Crippen LogP contribution in [0.1, 0.15) is 67.4 Å². The summed E-state index contributed by atoms with van der Waals surface area (Å²) in [5.74, 6) is 0. The first kappa shape index (κ1) is 15.4. The number of aryl methyl sites for hydroxylation is 2. The Hall–Kier alpha value is -0.450. The first-order valence-electron chi connectivity index (χ1n) is 8.57. The van der Waals surface area contributed by atoms with Gasteiger partial charge in [0.15, 0.2) is 0 Å². The van der Waals surface area contributed by atoms with E-state index >= 15 is 0 Å². The molecule has 1 fully saturated rings. The number of nitrogens with zero attached hydrogens (tertiary/aromatic N) is 1. The van der Waals surface area contributed by atoms with Gasteiger partial charge in [0.05, 0.1) is 17.3 Å². The maximum absolute atomic E-state index is 5.89. The second-order valence-corrected chi connectivity index (χ2v) is 7.55. The molecule has 2 aliphatic rings. The van der Waals surface area contributed by atoms with Crippen LogP contribution in [0.2, 0.25) is 0 Å². The Morgan fingerprint density at radius 1 is 1.29 bits per heavy atom. The molecule has 1 saturated carbocycles. The van der Waals surface area contributed by atoms with Crippen molar-refractivity contribution in [2.75, 3.05) is 13.7 Å². The van der Waals surface area contributed by atoms with Gasteiger partial charge in [-0.2, -0.15) is 0 Å². The summed E-state index contributed by atoms with van der Waals surface area (Å²) in [5, 5.41) is 5.13. The van der Waals surface area contributed by atoms with Gasteiger partial charge in [0.1, 0.15) is 5.01 Å². The molecule has 0 aliphatic heterocycles. The van der Waals surface area contributed by atoms with E-state index in [1.807, 2.05) is 18.4 Å². The van der Waals surface area contributed by atoms with Gasteiger partial charge in [0.2, 0.25) is 0 Å². The zero-order chi connectivity index (χ0) is 14.7. The topological polar surface area (TPSA) is 34.2 Å². The molecule has 0 bridgehead atoms. The quantitative estimate of drug-likeness (QED) is 0.898. The van der Waals surface area contributed by atoms with Gasteiger partial charge in [-0.15, -0.1) is 11.3 Å². The molecule has 2 unspecified atom stereocenters. The molecule has 1 N–H and O–H groups in total. The lowest BCUT2D eigenvalue weighted by atomic mass is 9.79. The molecule has 0 aromatic carbocycles. The van der Waals surface area contributed by atoms with Crippen LogP contribution >= 0.6 is 11.3 Å². The minimum atomic E-state index is -0.0367. The standard InChI is InChI=1S/C17H28N2OS/c1-3-12-18-17(11-7-6-10-15(17)20-2)16-19-13-8-4-5-9-14(13)21-16/h15,18H,3-12H2,1-2H3. The molecular weight excluding hydrogens is 280 g/mol. The third-order valence-corrected chi connectivity index (χ3v) is 6.37. The molecular formula is C17H28N2OS. The van der Waals surface area contributed by atoms with Crippen molar-refractivity contribution >= 4 is 11.3 Å².